The van der Waals surface area contributed by atoms with Crippen molar-refractivity contribution >= 4 is 26.9 Å². The van der Waals surface area contributed by atoms with Crippen LogP contribution in [0, 0.1) is 0 Å². The summed E-state index contributed by atoms with van der Waals surface area (Å²) < 4.78 is 33.7. The van der Waals surface area contributed by atoms with Crippen molar-refractivity contribution < 1.29 is 17.6 Å². The number of hydrogen-bond donors (Lipinski definition) is 1. The van der Waals surface area contributed by atoms with Crippen LogP contribution >= 0.6 is 0 Å². The number of para-hydroxylation sites is 1. The van der Waals surface area contributed by atoms with Crippen LogP contribution < -0.4 is 4.72 Å². The number of nitrogens with one attached hydrogen (secondary N) is 1. The fraction of sp³-hybridized carbons (Fsp3) is 0.211. The van der Waals surface area contributed by atoms with Gasteiger partial charge in [-0.1, -0.05) is 24.3 Å². The first-order valence-electron chi connectivity index (χ1n) is 8.10. The SMILES string of the molecule is C[C@H](NS(=O)(=O)c1cccc(C(=O)N(C)C)c1)c1cc2ccccc2o1. The summed E-state index contributed by atoms with van der Waals surface area (Å²) >= 11 is 0. The third-order valence-electron chi connectivity index (χ3n) is 4.00. The molecule has 0 aliphatic heterocycles. The van der Waals surface area contributed by atoms with Crippen molar-refractivity contribution in [2.24, 2.45) is 0 Å². The lowest BCUT2D eigenvalue weighted by molar-refractivity contribution is 0.0827. The minimum absolute atomic E-state index is 0.0353. The summed E-state index contributed by atoms with van der Waals surface area (Å²) in [5.74, 6) is 0.266. The molecule has 0 radical (unpaired) electrons. The fourth-order valence-electron chi connectivity index (χ4n) is 2.63. The Bertz CT molecular complexity index is 1020. The highest BCUT2D eigenvalue weighted by Crippen LogP contribution is 2.25. The summed E-state index contributed by atoms with van der Waals surface area (Å²) in [6.45, 7) is 1.71. The highest BCUT2D eigenvalue weighted by atomic mass is 32.2. The van der Waals surface area contributed by atoms with Crippen LogP contribution in [0.25, 0.3) is 11.0 Å². The molecule has 0 spiro atoms. The molecule has 1 amide bonds. The minimum Gasteiger partial charge on any atom is -0.459 e. The molecule has 1 heterocycles. The molecule has 0 unspecified atom stereocenters. The molecule has 0 aliphatic rings. The Labute approximate surface area is 152 Å². The van der Waals surface area contributed by atoms with Gasteiger partial charge in [-0.15, -0.1) is 0 Å². The van der Waals surface area contributed by atoms with Crippen LogP contribution in [0.4, 0.5) is 0 Å². The molecule has 0 saturated heterocycles. The molecular formula is C19H20N2O4S. The Morgan fingerprint density at radius 2 is 1.81 bits per heavy atom. The number of hydrogen-bond acceptors (Lipinski definition) is 4. The summed E-state index contributed by atoms with van der Waals surface area (Å²) in [6, 6.07) is 14.7. The summed E-state index contributed by atoms with van der Waals surface area (Å²) in [5, 5.41) is 0.909. The fourth-order valence-corrected chi connectivity index (χ4v) is 3.89. The molecule has 0 fully saturated rings. The van der Waals surface area contributed by atoms with Gasteiger partial charge in [0, 0.05) is 25.0 Å². The van der Waals surface area contributed by atoms with E-state index in [1.807, 2.05) is 30.3 Å². The summed E-state index contributed by atoms with van der Waals surface area (Å²) in [7, 11) is -0.575. The highest BCUT2D eigenvalue weighted by molar-refractivity contribution is 7.89. The van der Waals surface area contributed by atoms with E-state index in [-0.39, 0.29) is 10.8 Å². The molecule has 0 bridgehead atoms. The van der Waals surface area contributed by atoms with E-state index < -0.39 is 16.1 Å². The second-order valence-electron chi connectivity index (χ2n) is 6.26. The first kappa shape index (κ1) is 18.2. The van der Waals surface area contributed by atoms with Gasteiger partial charge in [-0.25, -0.2) is 13.1 Å². The molecule has 0 aliphatic carbocycles. The van der Waals surface area contributed by atoms with Crippen molar-refractivity contribution in [3.63, 3.8) is 0 Å². The normalized spacial score (nSPS) is 12.9. The lowest BCUT2D eigenvalue weighted by Crippen LogP contribution is -2.27. The van der Waals surface area contributed by atoms with Gasteiger partial charge in [0.2, 0.25) is 10.0 Å². The predicted octanol–water partition coefficient (Wildman–Crippen LogP) is 3.17. The average molecular weight is 372 g/mol. The second-order valence-corrected chi connectivity index (χ2v) is 7.97. The van der Waals surface area contributed by atoms with Crippen molar-refractivity contribution in [1.82, 2.24) is 9.62 Å². The lowest BCUT2D eigenvalue weighted by Gasteiger charge is -2.14. The standard InChI is InChI=1S/C19H20N2O4S/c1-13(18-12-14-7-4-5-10-17(14)25-18)20-26(23,24)16-9-6-8-15(11-16)19(22)21(2)3/h4-13,20H,1-3H3/t13-/m0/s1. The molecule has 6 nitrogen and oxygen atoms in total. The number of nitrogens with zero attached hydrogens (tertiary/aromatic N) is 1. The maximum absolute atomic E-state index is 12.7. The number of fused-ring (bicyclic) bond motifs is 1. The first-order chi connectivity index (χ1) is 12.3. The Balaban J connectivity index is 1.86. The van der Waals surface area contributed by atoms with E-state index in [1.165, 1.54) is 17.0 Å². The number of amides is 1. The Kier molecular flexibility index (Phi) is 4.84. The van der Waals surface area contributed by atoms with Crippen molar-refractivity contribution in [2.75, 3.05) is 14.1 Å². The van der Waals surface area contributed by atoms with Gasteiger partial charge in [0.25, 0.3) is 5.91 Å². The van der Waals surface area contributed by atoms with Crippen molar-refractivity contribution in [2.45, 2.75) is 17.9 Å². The Morgan fingerprint density at radius 3 is 2.50 bits per heavy atom. The maximum atomic E-state index is 12.7. The van der Waals surface area contributed by atoms with E-state index in [0.29, 0.717) is 16.9 Å². The quantitative estimate of drug-likeness (QED) is 0.746. The topological polar surface area (TPSA) is 79.6 Å². The molecule has 26 heavy (non-hydrogen) atoms. The third-order valence-corrected chi connectivity index (χ3v) is 5.54. The molecule has 136 valence electrons. The Morgan fingerprint density at radius 1 is 1.08 bits per heavy atom. The minimum atomic E-state index is -3.81. The monoisotopic (exact) mass is 372 g/mol. The summed E-state index contributed by atoms with van der Waals surface area (Å²) in [4.78, 5) is 13.5. The van der Waals surface area contributed by atoms with Crippen molar-refractivity contribution in [3.05, 3.63) is 65.9 Å². The lowest BCUT2D eigenvalue weighted by atomic mass is 10.2. The van der Waals surface area contributed by atoms with Gasteiger partial charge in [-0.3, -0.25) is 4.79 Å². The largest absolute Gasteiger partial charge is 0.459 e. The molecule has 0 saturated carbocycles. The van der Waals surface area contributed by atoms with Gasteiger partial charge in [0.1, 0.15) is 11.3 Å². The number of sulfonamides is 1. The smallest absolute Gasteiger partial charge is 0.253 e. The maximum Gasteiger partial charge on any atom is 0.253 e. The van der Waals surface area contributed by atoms with Gasteiger partial charge in [-0.05, 0) is 37.3 Å². The Hall–Kier alpha value is -2.64. The first-order valence-corrected chi connectivity index (χ1v) is 9.59. The van der Waals surface area contributed by atoms with Crippen molar-refractivity contribution in [3.8, 4) is 0 Å². The van der Waals surface area contributed by atoms with Crippen LogP contribution in [-0.4, -0.2) is 33.3 Å². The molecule has 1 atom stereocenters. The van der Waals surface area contributed by atoms with E-state index in [2.05, 4.69) is 4.72 Å². The number of furan rings is 1. The van der Waals surface area contributed by atoms with E-state index in [1.54, 1.807) is 33.2 Å². The second kappa shape index (κ2) is 6.93. The number of benzene rings is 2. The van der Waals surface area contributed by atoms with Gasteiger partial charge in [0.05, 0.1) is 10.9 Å². The number of carbonyl (C=O) groups is 1. The van der Waals surface area contributed by atoms with Gasteiger partial charge in [-0.2, -0.15) is 0 Å². The zero-order valence-corrected chi connectivity index (χ0v) is 15.6. The van der Waals surface area contributed by atoms with Crippen LogP contribution in [0.2, 0.25) is 0 Å². The number of carbonyl (C=O) groups excluding carboxylic acids is 1. The van der Waals surface area contributed by atoms with Crippen LogP contribution in [0.3, 0.4) is 0 Å². The molecule has 3 aromatic rings. The van der Waals surface area contributed by atoms with Gasteiger partial charge in [0.15, 0.2) is 0 Å². The molecule has 1 N–H and O–H groups in total. The van der Waals surface area contributed by atoms with E-state index in [4.69, 9.17) is 4.42 Å². The average Bonchev–Trinajstić information content (AvgIpc) is 3.05. The molecular weight excluding hydrogens is 352 g/mol. The molecule has 1 aromatic heterocycles. The van der Waals surface area contributed by atoms with E-state index in [0.717, 1.165) is 5.39 Å². The van der Waals surface area contributed by atoms with Crippen LogP contribution in [-0.2, 0) is 10.0 Å². The van der Waals surface area contributed by atoms with Crippen LogP contribution in [0.5, 0.6) is 0 Å². The van der Waals surface area contributed by atoms with Gasteiger partial charge < -0.3 is 9.32 Å². The third kappa shape index (κ3) is 3.63. The molecule has 3 rings (SSSR count). The highest BCUT2D eigenvalue weighted by Gasteiger charge is 2.22. The van der Waals surface area contributed by atoms with E-state index in [9.17, 15) is 13.2 Å². The van der Waals surface area contributed by atoms with Gasteiger partial charge >= 0.3 is 0 Å². The van der Waals surface area contributed by atoms with Crippen LogP contribution in [0.15, 0.2) is 63.9 Å². The summed E-state index contributed by atoms with van der Waals surface area (Å²) in [6.07, 6.45) is 0. The van der Waals surface area contributed by atoms with E-state index >= 15 is 0 Å². The zero-order chi connectivity index (χ0) is 18.9. The number of rotatable bonds is 5. The van der Waals surface area contributed by atoms with Crippen LogP contribution in [0.1, 0.15) is 29.1 Å². The molecule has 2 aromatic carbocycles. The summed E-state index contributed by atoms with van der Waals surface area (Å²) in [5.41, 5.74) is 1.02. The zero-order valence-electron chi connectivity index (χ0n) is 14.8. The predicted molar refractivity (Wildman–Crippen MR) is 99.4 cm³/mol. The molecule has 7 heteroatoms. The van der Waals surface area contributed by atoms with Crippen molar-refractivity contribution in [1.29, 1.82) is 0 Å².